The second-order valence-electron chi connectivity index (χ2n) is 9.26. The second-order valence-corrected chi connectivity index (χ2v) is 9.26. The predicted molar refractivity (Wildman–Crippen MR) is 115 cm³/mol. The van der Waals surface area contributed by atoms with Gasteiger partial charge in [0.2, 0.25) is 11.8 Å². The first-order valence-electron chi connectivity index (χ1n) is 11.4. The van der Waals surface area contributed by atoms with Crippen LogP contribution in [0.25, 0.3) is 0 Å². The number of carbonyl (C=O) groups excluding carboxylic acids is 2. The van der Waals surface area contributed by atoms with Crippen LogP contribution in [0.5, 0.6) is 0 Å². The van der Waals surface area contributed by atoms with Gasteiger partial charge < -0.3 is 19.9 Å². The largest absolute Gasteiger partial charge is 0.378 e. The Bertz CT molecular complexity index is 777. The van der Waals surface area contributed by atoms with Crippen molar-refractivity contribution in [1.29, 1.82) is 0 Å². The van der Waals surface area contributed by atoms with E-state index in [1.807, 2.05) is 12.1 Å². The Morgan fingerprint density at radius 1 is 1.10 bits per heavy atom. The fraction of sp³-hybridized carbons (Fsp3) is 0.652. The van der Waals surface area contributed by atoms with Crippen LogP contribution >= 0.6 is 0 Å². The van der Waals surface area contributed by atoms with Crippen LogP contribution in [0.1, 0.15) is 25.7 Å². The molecule has 0 radical (unpaired) electrons. The number of anilines is 2. The van der Waals surface area contributed by atoms with E-state index in [1.54, 1.807) is 0 Å². The number of rotatable bonds is 4. The van der Waals surface area contributed by atoms with Crippen LogP contribution in [0.3, 0.4) is 0 Å². The molecule has 30 heavy (non-hydrogen) atoms. The van der Waals surface area contributed by atoms with Gasteiger partial charge in [0.15, 0.2) is 0 Å². The number of fused-ring (bicyclic) bond motifs is 4. The van der Waals surface area contributed by atoms with Crippen LogP contribution in [-0.4, -0.2) is 80.1 Å². The van der Waals surface area contributed by atoms with E-state index in [4.69, 9.17) is 4.74 Å². The zero-order chi connectivity index (χ0) is 20.5. The summed E-state index contributed by atoms with van der Waals surface area (Å²) in [7, 11) is 0. The van der Waals surface area contributed by atoms with E-state index in [0.717, 1.165) is 64.5 Å². The SMILES string of the molecule is O=C(CN1C[C@H]2C[C@H](C1)[C@H]1CCCC(=O)N1C2)Nc1ccc(N2CCOCC2)cc1. The first-order valence-corrected chi connectivity index (χ1v) is 11.4. The molecule has 7 nitrogen and oxygen atoms in total. The monoisotopic (exact) mass is 412 g/mol. The van der Waals surface area contributed by atoms with Crippen molar-refractivity contribution in [1.82, 2.24) is 9.80 Å². The number of benzene rings is 1. The molecular formula is C23H32N4O3. The van der Waals surface area contributed by atoms with Gasteiger partial charge in [-0.25, -0.2) is 0 Å². The van der Waals surface area contributed by atoms with E-state index < -0.39 is 0 Å². The van der Waals surface area contributed by atoms with Gasteiger partial charge in [-0.05, 0) is 55.4 Å². The average Bonchev–Trinajstić information content (AvgIpc) is 2.76. The molecule has 2 bridgehead atoms. The number of carbonyl (C=O) groups is 2. The Morgan fingerprint density at radius 2 is 1.90 bits per heavy atom. The first kappa shape index (κ1) is 19.8. The van der Waals surface area contributed by atoms with Crippen molar-refractivity contribution < 1.29 is 14.3 Å². The number of morpholine rings is 1. The summed E-state index contributed by atoms with van der Waals surface area (Å²) < 4.78 is 5.41. The fourth-order valence-electron chi connectivity index (χ4n) is 5.82. The summed E-state index contributed by atoms with van der Waals surface area (Å²) in [6.45, 7) is 6.50. The molecule has 1 aromatic carbocycles. The molecule has 2 amide bonds. The standard InChI is InChI=1S/C23H32N4O3/c28-22(24-19-4-6-20(7-5-19)26-8-10-30-11-9-26)16-25-13-17-12-18(15-25)21-2-1-3-23(29)27(21)14-17/h4-7,17-18,21H,1-3,8-16H2,(H,24,28)/t17-,18-,21-/m1/s1. The van der Waals surface area contributed by atoms with E-state index in [9.17, 15) is 9.59 Å². The van der Waals surface area contributed by atoms with Gasteiger partial charge in [0.25, 0.3) is 0 Å². The summed E-state index contributed by atoms with van der Waals surface area (Å²) >= 11 is 0. The number of piperidine rings is 3. The van der Waals surface area contributed by atoms with Gasteiger partial charge in [-0.1, -0.05) is 0 Å². The minimum absolute atomic E-state index is 0.0469. The lowest BCUT2D eigenvalue weighted by atomic mass is 9.76. The molecule has 0 aliphatic carbocycles. The number of nitrogens with zero attached hydrogens (tertiary/aromatic N) is 3. The number of hydrogen-bond donors (Lipinski definition) is 1. The molecule has 3 atom stereocenters. The molecule has 0 saturated carbocycles. The highest BCUT2D eigenvalue weighted by atomic mass is 16.5. The lowest BCUT2D eigenvalue weighted by molar-refractivity contribution is -0.145. The van der Waals surface area contributed by atoms with Gasteiger partial charge >= 0.3 is 0 Å². The van der Waals surface area contributed by atoms with Crippen LogP contribution in [-0.2, 0) is 14.3 Å². The van der Waals surface area contributed by atoms with E-state index in [1.165, 1.54) is 12.1 Å². The van der Waals surface area contributed by atoms with Crippen LogP contribution in [0, 0.1) is 11.8 Å². The molecule has 4 heterocycles. The van der Waals surface area contributed by atoms with Gasteiger partial charge in [0, 0.05) is 56.6 Å². The topological polar surface area (TPSA) is 65.1 Å². The molecular weight excluding hydrogens is 380 g/mol. The Hall–Kier alpha value is -2.12. The van der Waals surface area contributed by atoms with E-state index in [0.29, 0.717) is 36.8 Å². The maximum absolute atomic E-state index is 12.7. The van der Waals surface area contributed by atoms with Gasteiger partial charge in [0.05, 0.1) is 19.8 Å². The van der Waals surface area contributed by atoms with Gasteiger partial charge in [-0.15, -0.1) is 0 Å². The molecule has 5 rings (SSSR count). The molecule has 162 valence electrons. The fourth-order valence-corrected chi connectivity index (χ4v) is 5.82. The summed E-state index contributed by atoms with van der Waals surface area (Å²) in [6.07, 6.45) is 4.06. The van der Waals surface area contributed by atoms with Gasteiger partial charge in [-0.2, -0.15) is 0 Å². The van der Waals surface area contributed by atoms with Crippen LogP contribution < -0.4 is 10.2 Å². The average molecular weight is 413 g/mol. The third kappa shape index (κ3) is 4.18. The number of nitrogens with one attached hydrogen (secondary N) is 1. The molecule has 7 heteroatoms. The maximum atomic E-state index is 12.7. The zero-order valence-corrected chi connectivity index (χ0v) is 17.6. The number of amides is 2. The van der Waals surface area contributed by atoms with E-state index in [2.05, 4.69) is 32.1 Å². The normalized spacial score (nSPS) is 29.5. The smallest absolute Gasteiger partial charge is 0.238 e. The summed E-state index contributed by atoms with van der Waals surface area (Å²) in [5, 5.41) is 3.06. The van der Waals surface area contributed by atoms with Crippen molar-refractivity contribution in [3.8, 4) is 0 Å². The van der Waals surface area contributed by atoms with Gasteiger partial charge in [0.1, 0.15) is 0 Å². The first-order chi connectivity index (χ1) is 14.7. The summed E-state index contributed by atoms with van der Waals surface area (Å²) in [5.41, 5.74) is 2.02. The Morgan fingerprint density at radius 3 is 2.70 bits per heavy atom. The molecule has 4 fully saturated rings. The second kappa shape index (κ2) is 8.55. The van der Waals surface area contributed by atoms with Crippen molar-refractivity contribution in [2.24, 2.45) is 11.8 Å². The molecule has 0 aromatic heterocycles. The van der Waals surface area contributed by atoms with Crippen molar-refractivity contribution in [3.63, 3.8) is 0 Å². The van der Waals surface area contributed by atoms with Crippen molar-refractivity contribution in [3.05, 3.63) is 24.3 Å². The Kier molecular flexibility index (Phi) is 5.65. The predicted octanol–water partition coefficient (Wildman–Crippen LogP) is 1.79. The molecule has 1 aromatic rings. The van der Waals surface area contributed by atoms with E-state index in [-0.39, 0.29) is 5.91 Å². The van der Waals surface area contributed by atoms with Crippen molar-refractivity contribution >= 4 is 23.2 Å². The Labute approximate surface area is 178 Å². The molecule has 0 spiro atoms. The highest BCUT2D eigenvalue weighted by molar-refractivity contribution is 5.92. The molecule has 4 aliphatic rings. The van der Waals surface area contributed by atoms with Crippen molar-refractivity contribution in [2.45, 2.75) is 31.7 Å². The lowest BCUT2D eigenvalue weighted by Crippen LogP contribution is -2.61. The quantitative estimate of drug-likeness (QED) is 0.817. The number of hydrogen-bond acceptors (Lipinski definition) is 5. The van der Waals surface area contributed by atoms with Crippen LogP contribution in [0.15, 0.2) is 24.3 Å². The third-order valence-electron chi connectivity index (χ3n) is 7.15. The lowest BCUT2D eigenvalue weighted by Gasteiger charge is -2.52. The highest BCUT2D eigenvalue weighted by Gasteiger charge is 2.44. The summed E-state index contributed by atoms with van der Waals surface area (Å²) in [6, 6.07) is 8.50. The molecule has 1 N–H and O–H groups in total. The molecule has 4 aliphatic heterocycles. The Balaban J connectivity index is 1.15. The summed E-state index contributed by atoms with van der Waals surface area (Å²) in [4.78, 5) is 31.7. The minimum Gasteiger partial charge on any atom is -0.378 e. The highest BCUT2D eigenvalue weighted by Crippen LogP contribution is 2.37. The van der Waals surface area contributed by atoms with Gasteiger partial charge in [-0.3, -0.25) is 14.5 Å². The summed E-state index contributed by atoms with van der Waals surface area (Å²) in [5.74, 6) is 1.41. The number of ether oxygens (including phenoxy) is 1. The minimum atomic E-state index is 0.0469. The van der Waals surface area contributed by atoms with Crippen LogP contribution in [0.4, 0.5) is 11.4 Å². The number of likely N-dealkylation sites (tertiary alicyclic amines) is 1. The van der Waals surface area contributed by atoms with E-state index >= 15 is 0 Å². The van der Waals surface area contributed by atoms with Crippen molar-refractivity contribution in [2.75, 3.05) is 62.7 Å². The third-order valence-corrected chi connectivity index (χ3v) is 7.15. The molecule has 4 saturated heterocycles. The maximum Gasteiger partial charge on any atom is 0.238 e. The zero-order valence-electron chi connectivity index (χ0n) is 17.6. The van der Waals surface area contributed by atoms with Crippen LogP contribution in [0.2, 0.25) is 0 Å². The molecule has 0 unspecified atom stereocenters.